The summed E-state index contributed by atoms with van der Waals surface area (Å²) in [7, 11) is 0. The number of ether oxygens (including phenoxy) is 1. The van der Waals surface area contributed by atoms with Gasteiger partial charge >= 0.3 is 0 Å². The molecule has 0 spiro atoms. The third-order valence-corrected chi connectivity index (χ3v) is 3.06. The van der Waals surface area contributed by atoms with Crippen LogP contribution < -0.4 is 10.1 Å². The Hall–Kier alpha value is -1.46. The zero-order valence-electron chi connectivity index (χ0n) is 12.0. The largest absolute Gasteiger partial charge is 0.481 e. The van der Waals surface area contributed by atoms with Gasteiger partial charge in [-0.25, -0.2) is 0 Å². The molecule has 1 aromatic rings. The van der Waals surface area contributed by atoms with Crippen molar-refractivity contribution in [1.29, 1.82) is 0 Å². The van der Waals surface area contributed by atoms with Gasteiger partial charge in [-0.3, -0.25) is 0 Å². The molecule has 2 nitrogen and oxygen atoms in total. The Morgan fingerprint density at radius 3 is 2.74 bits per heavy atom. The Bertz CT molecular complexity index is 381. The summed E-state index contributed by atoms with van der Waals surface area (Å²) in [5.41, 5.74) is 1.17. The van der Waals surface area contributed by atoms with Crippen LogP contribution in [0.3, 0.4) is 0 Å². The molecule has 0 saturated carbocycles. The van der Waals surface area contributed by atoms with E-state index in [0.29, 0.717) is 6.61 Å². The van der Waals surface area contributed by atoms with E-state index in [4.69, 9.17) is 11.2 Å². The fourth-order valence-corrected chi connectivity index (χ4v) is 1.99. The van der Waals surface area contributed by atoms with Gasteiger partial charge < -0.3 is 10.1 Å². The van der Waals surface area contributed by atoms with E-state index in [2.05, 4.69) is 24.2 Å². The lowest BCUT2D eigenvalue weighted by Gasteiger charge is -2.10. The minimum atomic E-state index is 0.327. The summed E-state index contributed by atoms with van der Waals surface area (Å²) in [5.74, 6) is 3.38. The lowest BCUT2D eigenvalue weighted by Crippen LogP contribution is -2.15. The van der Waals surface area contributed by atoms with Crippen LogP contribution in [0.15, 0.2) is 24.3 Å². The minimum absolute atomic E-state index is 0.327. The highest BCUT2D eigenvalue weighted by molar-refractivity contribution is 5.33. The highest BCUT2D eigenvalue weighted by Gasteiger charge is 2.01. The number of hydrogen-bond acceptors (Lipinski definition) is 2. The van der Waals surface area contributed by atoms with Gasteiger partial charge in [0.05, 0.1) is 0 Å². The van der Waals surface area contributed by atoms with Crippen molar-refractivity contribution in [1.82, 2.24) is 5.32 Å². The van der Waals surface area contributed by atoms with Gasteiger partial charge in [-0.05, 0) is 19.0 Å². The SMILES string of the molecule is C#CCOc1ccccc1CNCCCCCCC. The maximum atomic E-state index is 5.52. The molecule has 0 aliphatic heterocycles. The predicted octanol–water partition coefficient (Wildman–Crippen LogP) is 3.76. The maximum Gasteiger partial charge on any atom is 0.148 e. The molecule has 0 amide bonds. The first-order chi connectivity index (χ1) is 9.38. The van der Waals surface area contributed by atoms with E-state index in [0.717, 1.165) is 18.8 Å². The lowest BCUT2D eigenvalue weighted by molar-refractivity contribution is 0.364. The molecule has 0 aliphatic rings. The quantitative estimate of drug-likeness (QED) is 0.510. The molecule has 0 aromatic heterocycles. The van der Waals surface area contributed by atoms with Crippen LogP contribution >= 0.6 is 0 Å². The standard InChI is InChI=1S/C17H25NO/c1-3-5-6-7-10-13-18-15-16-11-8-9-12-17(16)19-14-4-2/h2,8-9,11-12,18H,3,5-7,10,13-15H2,1H3. The molecule has 1 rings (SSSR count). The normalized spacial score (nSPS) is 10.1. The van der Waals surface area contributed by atoms with Crippen LogP contribution in [0, 0.1) is 12.3 Å². The van der Waals surface area contributed by atoms with Crippen LogP contribution in [-0.2, 0) is 6.54 Å². The first kappa shape index (κ1) is 15.6. The molecule has 1 aromatic carbocycles. The molecule has 0 unspecified atom stereocenters. The van der Waals surface area contributed by atoms with Crippen molar-refractivity contribution in [2.45, 2.75) is 45.6 Å². The number of unbranched alkanes of at least 4 members (excludes halogenated alkanes) is 4. The van der Waals surface area contributed by atoms with Crippen LogP contribution in [0.1, 0.15) is 44.6 Å². The molecule has 0 bridgehead atoms. The number of terminal acetylenes is 1. The number of benzene rings is 1. The van der Waals surface area contributed by atoms with Crippen molar-refractivity contribution in [3.63, 3.8) is 0 Å². The number of hydrogen-bond donors (Lipinski definition) is 1. The van der Waals surface area contributed by atoms with E-state index in [9.17, 15) is 0 Å². The van der Waals surface area contributed by atoms with Gasteiger partial charge in [0.1, 0.15) is 12.4 Å². The molecule has 19 heavy (non-hydrogen) atoms. The first-order valence-corrected chi connectivity index (χ1v) is 7.23. The average Bonchev–Trinajstić information content (AvgIpc) is 2.45. The Morgan fingerprint density at radius 2 is 1.95 bits per heavy atom. The van der Waals surface area contributed by atoms with E-state index in [1.54, 1.807) is 0 Å². The van der Waals surface area contributed by atoms with Crippen molar-refractivity contribution in [3.8, 4) is 18.1 Å². The summed E-state index contributed by atoms with van der Waals surface area (Å²) in [6.45, 7) is 4.47. The topological polar surface area (TPSA) is 21.3 Å². The molecule has 0 atom stereocenters. The second-order valence-electron chi connectivity index (χ2n) is 4.69. The van der Waals surface area contributed by atoms with Crippen molar-refractivity contribution in [2.75, 3.05) is 13.2 Å². The molecular weight excluding hydrogens is 234 g/mol. The van der Waals surface area contributed by atoms with Crippen molar-refractivity contribution in [3.05, 3.63) is 29.8 Å². The molecule has 2 heteroatoms. The predicted molar refractivity (Wildman–Crippen MR) is 81.2 cm³/mol. The van der Waals surface area contributed by atoms with Gasteiger partial charge in [-0.1, -0.05) is 56.7 Å². The average molecular weight is 259 g/mol. The van der Waals surface area contributed by atoms with Crippen LogP contribution in [0.5, 0.6) is 5.75 Å². The summed E-state index contributed by atoms with van der Waals surface area (Å²) in [6, 6.07) is 8.05. The second kappa shape index (κ2) is 10.5. The fourth-order valence-electron chi connectivity index (χ4n) is 1.99. The van der Waals surface area contributed by atoms with Gasteiger partial charge in [0, 0.05) is 12.1 Å². The van der Waals surface area contributed by atoms with Gasteiger partial charge in [-0.15, -0.1) is 6.42 Å². The van der Waals surface area contributed by atoms with Crippen LogP contribution in [-0.4, -0.2) is 13.2 Å². The molecule has 1 N–H and O–H groups in total. The summed E-state index contributed by atoms with van der Waals surface area (Å²) < 4.78 is 5.52. The smallest absolute Gasteiger partial charge is 0.148 e. The summed E-state index contributed by atoms with van der Waals surface area (Å²) in [6.07, 6.45) is 11.8. The molecule has 0 aliphatic carbocycles. The van der Waals surface area contributed by atoms with E-state index in [1.807, 2.05) is 18.2 Å². The second-order valence-corrected chi connectivity index (χ2v) is 4.69. The molecule has 0 radical (unpaired) electrons. The van der Waals surface area contributed by atoms with Crippen LogP contribution in [0.2, 0.25) is 0 Å². The van der Waals surface area contributed by atoms with E-state index in [-0.39, 0.29) is 0 Å². The van der Waals surface area contributed by atoms with E-state index in [1.165, 1.54) is 37.7 Å². The zero-order valence-corrected chi connectivity index (χ0v) is 12.0. The van der Waals surface area contributed by atoms with Crippen molar-refractivity contribution >= 4 is 0 Å². The van der Waals surface area contributed by atoms with Gasteiger partial charge in [0.15, 0.2) is 0 Å². The Balaban J connectivity index is 2.23. The highest BCUT2D eigenvalue weighted by Crippen LogP contribution is 2.17. The molecule has 0 saturated heterocycles. The van der Waals surface area contributed by atoms with Crippen molar-refractivity contribution < 1.29 is 4.74 Å². The minimum Gasteiger partial charge on any atom is -0.481 e. The fraction of sp³-hybridized carbons (Fsp3) is 0.529. The summed E-state index contributed by atoms with van der Waals surface area (Å²) in [4.78, 5) is 0. The highest BCUT2D eigenvalue weighted by atomic mass is 16.5. The maximum absolute atomic E-state index is 5.52. The van der Waals surface area contributed by atoms with Crippen molar-refractivity contribution in [2.24, 2.45) is 0 Å². The van der Waals surface area contributed by atoms with E-state index < -0.39 is 0 Å². The number of para-hydroxylation sites is 1. The Morgan fingerprint density at radius 1 is 1.16 bits per heavy atom. The number of rotatable bonds is 10. The van der Waals surface area contributed by atoms with E-state index >= 15 is 0 Å². The van der Waals surface area contributed by atoms with Gasteiger partial charge in [0.2, 0.25) is 0 Å². The first-order valence-electron chi connectivity index (χ1n) is 7.23. The zero-order chi connectivity index (χ0) is 13.8. The molecule has 0 fully saturated rings. The molecular formula is C17H25NO. The monoisotopic (exact) mass is 259 g/mol. The van der Waals surface area contributed by atoms with Crippen LogP contribution in [0.25, 0.3) is 0 Å². The Kier molecular flexibility index (Phi) is 8.59. The third kappa shape index (κ3) is 6.88. The van der Waals surface area contributed by atoms with Crippen LogP contribution in [0.4, 0.5) is 0 Å². The number of nitrogens with one attached hydrogen (secondary N) is 1. The third-order valence-electron chi connectivity index (χ3n) is 3.06. The molecule has 0 heterocycles. The lowest BCUT2D eigenvalue weighted by atomic mass is 10.1. The Labute approximate surface area is 117 Å². The summed E-state index contributed by atoms with van der Waals surface area (Å²) in [5, 5.41) is 3.46. The molecule has 104 valence electrons. The summed E-state index contributed by atoms with van der Waals surface area (Å²) >= 11 is 0. The van der Waals surface area contributed by atoms with Gasteiger partial charge in [-0.2, -0.15) is 0 Å². The van der Waals surface area contributed by atoms with Gasteiger partial charge in [0.25, 0.3) is 0 Å².